The molecule has 0 saturated heterocycles. The summed E-state index contributed by atoms with van der Waals surface area (Å²) in [6.45, 7) is 7.17. The minimum atomic E-state index is 0.560. The zero-order valence-electron chi connectivity index (χ0n) is 9.98. The molecule has 4 heteroatoms. The van der Waals surface area contributed by atoms with Crippen LogP contribution in [0.5, 0.6) is 0 Å². The summed E-state index contributed by atoms with van der Waals surface area (Å²) in [6, 6.07) is 0.560. The molecule has 0 aromatic carbocycles. The van der Waals surface area contributed by atoms with Crippen LogP contribution in [0.1, 0.15) is 19.4 Å². The standard InChI is InChI=1S/C11H22N4/c1-10(2)15(7-5-12)6-4-11-8-13-14(3)9-11/h8-10H,4-7,12H2,1-3H3. The Balaban J connectivity index is 2.39. The van der Waals surface area contributed by atoms with Gasteiger partial charge in [-0.3, -0.25) is 9.58 Å². The first-order valence-corrected chi connectivity index (χ1v) is 5.55. The molecule has 1 aromatic rings. The Morgan fingerprint density at radius 2 is 2.20 bits per heavy atom. The highest BCUT2D eigenvalue weighted by Crippen LogP contribution is 2.02. The highest BCUT2D eigenvalue weighted by atomic mass is 15.2. The fraction of sp³-hybridized carbons (Fsp3) is 0.727. The first-order valence-electron chi connectivity index (χ1n) is 5.55. The molecule has 0 atom stereocenters. The van der Waals surface area contributed by atoms with Crippen LogP contribution >= 0.6 is 0 Å². The van der Waals surface area contributed by atoms with Crippen molar-refractivity contribution in [1.82, 2.24) is 14.7 Å². The van der Waals surface area contributed by atoms with Crippen LogP contribution in [0, 0.1) is 0 Å². The van der Waals surface area contributed by atoms with Gasteiger partial charge in [-0.05, 0) is 25.8 Å². The van der Waals surface area contributed by atoms with Crippen LogP contribution in [0.2, 0.25) is 0 Å². The smallest absolute Gasteiger partial charge is 0.0522 e. The molecule has 0 bridgehead atoms. The number of nitrogens with zero attached hydrogens (tertiary/aromatic N) is 3. The summed E-state index contributed by atoms with van der Waals surface area (Å²) in [6.07, 6.45) is 5.05. The van der Waals surface area contributed by atoms with Gasteiger partial charge in [0.1, 0.15) is 0 Å². The molecule has 86 valence electrons. The Morgan fingerprint density at radius 3 is 2.67 bits per heavy atom. The Hall–Kier alpha value is -0.870. The number of nitrogens with two attached hydrogens (primary N) is 1. The van der Waals surface area contributed by atoms with Crippen molar-refractivity contribution < 1.29 is 0 Å². The van der Waals surface area contributed by atoms with Gasteiger partial charge in [-0.25, -0.2) is 0 Å². The molecular weight excluding hydrogens is 188 g/mol. The Kier molecular flexibility index (Phi) is 4.78. The van der Waals surface area contributed by atoms with E-state index in [0.29, 0.717) is 6.04 Å². The van der Waals surface area contributed by atoms with E-state index in [9.17, 15) is 0 Å². The molecule has 0 aliphatic heterocycles. The second-order valence-electron chi connectivity index (χ2n) is 4.19. The molecule has 2 N–H and O–H groups in total. The molecule has 4 nitrogen and oxygen atoms in total. The van der Waals surface area contributed by atoms with Crippen LogP contribution in [0.25, 0.3) is 0 Å². The average molecular weight is 210 g/mol. The van der Waals surface area contributed by atoms with E-state index in [2.05, 4.69) is 30.0 Å². The van der Waals surface area contributed by atoms with Crippen molar-refractivity contribution in [2.75, 3.05) is 19.6 Å². The van der Waals surface area contributed by atoms with Crippen LogP contribution in [0.3, 0.4) is 0 Å². The summed E-state index contributed by atoms with van der Waals surface area (Å²) < 4.78 is 1.85. The molecule has 0 radical (unpaired) electrons. The van der Waals surface area contributed by atoms with E-state index in [0.717, 1.165) is 26.1 Å². The third-order valence-corrected chi connectivity index (χ3v) is 2.59. The lowest BCUT2D eigenvalue weighted by atomic mass is 10.2. The molecule has 0 amide bonds. The van der Waals surface area contributed by atoms with Crippen LogP contribution in [0.15, 0.2) is 12.4 Å². The molecule has 1 aromatic heterocycles. The van der Waals surface area contributed by atoms with E-state index in [-0.39, 0.29) is 0 Å². The lowest BCUT2D eigenvalue weighted by Gasteiger charge is -2.25. The second-order valence-corrected chi connectivity index (χ2v) is 4.19. The Morgan fingerprint density at radius 1 is 1.47 bits per heavy atom. The molecule has 0 spiro atoms. The van der Waals surface area contributed by atoms with Gasteiger partial charge in [-0.15, -0.1) is 0 Å². The summed E-state index contributed by atoms with van der Waals surface area (Å²) in [5, 5.41) is 4.16. The predicted octanol–water partition coefficient (Wildman–Crippen LogP) is 0.632. The summed E-state index contributed by atoms with van der Waals surface area (Å²) >= 11 is 0. The average Bonchev–Trinajstić information content (AvgIpc) is 2.58. The fourth-order valence-corrected chi connectivity index (χ4v) is 1.67. The zero-order chi connectivity index (χ0) is 11.3. The van der Waals surface area contributed by atoms with E-state index < -0.39 is 0 Å². The number of hydrogen-bond donors (Lipinski definition) is 1. The van der Waals surface area contributed by atoms with Gasteiger partial charge in [0.15, 0.2) is 0 Å². The second kappa shape index (κ2) is 5.88. The van der Waals surface area contributed by atoms with Crippen LogP contribution < -0.4 is 5.73 Å². The highest BCUT2D eigenvalue weighted by Gasteiger charge is 2.08. The minimum absolute atomic E-state index is 0.560. The number of aryl methyl sites for hydroxylation is 1. The van der Waals surface area contributed by atoms with E-state index in [1.165, 1.54) is 5.56 Å². The van der Waals surface area contributed by atoms with E-state index >= 15 is 0 Å². The Labute approximate surface area is 92.1 Å². The maximum Gasteiger partial charge on any atom is 0.0522 e. The number of aromatic nitrogens is 2. The molecule has 15 heavy (non-hydrogen) atoms. The quantitative estimate of drug-likeness (QED) is 0.749. The van der Waals surface area contributed by atoms with Gasteiger partial charge in [0, 0.05) is 38.9 Å². The van der Waals surface area contributed by atoms with Crippen molar-refractivity contribution in [3.05, 3.63) is 18.0 Å². The molecule has 0 saturated carbocycles. The molecule has 0 aliphatic rings. The molecular formula is C11H22N4. The van der Waals surface area contributed by atoms with Gasteiger partial charge in [-0.2, -0.15) is 5.10 Å². The number of hydrogen-bond acceptors (Lipinski definition) is 3. The van der Waals surface area contributed by atoms with Gasteiger partial charge in [-0.1, -0.05) is 0 Å². The van der Waals surface area contributed by atoms with E-state index in [1.54, 1.807) is 0 Å². The first kappa shape index (κ1) is 12.2. The van der Waals surface area contributed by atoms with Gasteiger partial charge < -0.3 is 5.73 Å². The van der Waals surface area contributed by atoms with Crippen molar-refractivity contribution in [3.8, 4) is 0 Å². The van der Waals surface area contributed by atoms with Gasteiger partial charge in [0.2, 0.25) is 0 Å². The van der Waals surface area contributed by atoms with Crippen LogP contribution in [0.4, 0.5) is 0 Å². The SMILES string of the molecule is CC(C)N(CCN)CCc1cnn(C)c1. The van der Waals surface area contributed by atoms with Gasteiger partial charge in [0.25, 0.3) is 0 Å². The number of rotatable bonds is 6. The fourth-order valence-electron chi connectivity index (χ4n) is 1.67. The van der Waals surface area contributed by atoms with Gasteiger partial charge >= 0.3 is 0 Å². The predicted molar refractivity (Wildman–Crippen MR) is 62.7 cm³/mol. The zero-order valence-corrected chi connectivity index (χ0v) is 9.98. The van der Waals surface area contributed by atoms with Gasteiger partial charge in [0.05, 0.1) is 6.20 Å². The van der Waals surface area contributed by atoms with Crippen molar-refractivity contribution in [3.63, 3.8) is 0 Å². The molecule has 1 rings (SSSR count). The van der Waals surface area contributed by atoms with Crippen LogP contribution in [-0.2, 0) is 13.5 Å². The highest BCUT2D eigenvalue weighted by molar-refractivity contribution is 5.04. The maximum absolute atomic E-state index is 5.58. The third-order valence-electron chi connectivity index (χ3n) is 2.59. The lowest BCUT2D eigenvalue weighted by Crippen LogP contribution is -2.36. The third kappa shape index (κ3) is 4.01. The normalized spacial score (nSPS) is 11.6. The first-order chi connectivity index (χ1) is 7.13. The van der Waals surface area contributed by atoms with Crippen molar-refractivity contribution in [2.45, 2.75) is 26.3 Å². The van der Waals surface area contributed by atoms with Crippen LogP contribution in [-0.4, -0.2) is 40.4 Å². The van der Waals surface area contributed by atoms with Crippen molar-refractivity contribution in [2.24, 2.45) is 12.8 Å². The largest absolute Gasteiger partial charge is 0.329 e. The minimum Gasteiger partial charge on any atom is -0.329 e. The topological polar surface area (TPSA) is 47.1 Å². The summed E-state index contributed by atoms with van der Waals surface area (Å²) in [4.78, 5) is 2.40. The molecule has 1 heterocycles. The molecule has 0 aliphatic carbocycles. The maximum atomic E-state index is 5.58. The van der Waals surface area contributed by atoms with E-state index in [4.69, 9.17) is 5.73 Å². The lowest BCUT2D eigenvalue weighted by molar-refractivity contribution is 0.231. The van der Waals surface area contributed by atoms with E-state index in [1.807, 2.05) is 17.9 Å². The van der Waals surface area contributed by atoms with Crippen molar-refractivity contribution >= 4 is 0 Å². The monoisotopic (exact) mass is 210 g/mol. The molecule has 0 fully saturated rings. The summed E-state index contributed by atoms with van der Waals surface area (Å²) in [5.74, 6) is 0. The summed E-state index contributed by atoms with van der Waals surface area (Å²) in [7, 11) is 1.95. The summed E-state index contributed by atoms with van der Waals surface area (Å²) in [5.41, 5.74) is 6.87. The Bertz CT molecular complexity index is 280. The molecule has 0 unspecified atom stereocenters. The van der Waals surface area contributed by atoms with Crippen molar-refractivity contribution in [1.29, 1.82) is 0 Å².